The van der Waals surface area contributed by atoms with Crippen molar-refractivity contribution in [2.45, 2.75) is 31.9 Å². The zero-order chi connectivity index (χ0) is 25.0. The molecule has 37 heavy (non-hydrogen) atoms. The first-order chi connectivity index (χ1) is 17.5. The SMILES string of the molecule is CC(C)(Cc1c[nH]c2c(-c3ccccc3)cccc12)NC[C@H](O)COc1ccccc1-c1ccon1.Cl. The molecule has 2 aromatic heterocycles. The maximum absolute atomic E-state index is 10.6. The van der Waals surface area contributed by atoms with E-state index >= 15 is 0 Å². The number of aromatic amines is 1. The van der Waals surface area contributed by atoms with E-state index in [1.54, 1.807) is 6.07 Å². The van der Waals surface area contributed by atoms with E-state index in [-0.39, 0.29) is 24.6 Å². The number of nitrogens with one attached hydrogen (secondary N) is 2. The fraction of sp³-hybridized carbons (Fsp3) is 0.233. The van der Waals surface area contributed by atoms with Gasteiger partial charge in [-0.05, 0) is 43.5 Å². The minimum Gasteiger partial charge on any atom is -0.490 e. The van der Waals surface area contributed by atoms with Gasteiger partial charge >= 0.3 is 0 Å². The molecule has 0 radical (unpaired) electrons. The predicted molar refractivity (Wildman–Crippen MR) is 150 cm³/mol. The quantitative estimate of drug-likeness (QED) is 0.203. The van der Waals surface area contributed by atoms with Crippen LogP contribution in [0, 0.1) is 0 Å². The Morgan fingerprint density at radius 2 is 1.73 bits per heavy atom. The molecule has 3 aromatic carbocycles. The third-order valence-electron chi connectivity index (χ3n) is 6.37. The van der Waals surface area contributed by atoms with Crippen LogP contribution in [0.3, 0.4) is 0 Å². The molecule has 5 rings (SSSR count). The van der Waals surface area contributed by atoms with Gasteiger partial charge < -0.3 is 24.7 Å². The number of halogens is 1. The first-order valence-corrected chi connectivity index (χ1v) is 12.2. The summed E-state index contributed by atoms with van der Waals surface area (Å²) in [5.41, 5.74) is 6.10. The number of benzene rings is 3. The first kappa shape index (κ1) is 26.5. The van der Waals surface area contributed by atoms with Gasteiger partial charge in [-0.1, -0.05) is 65.8 Å². The van der Waals surface area contributed by atoms with Gasteiger partial charge in [-0.25, -0.2) is 0 Å². The monoisotopic (exact) mass is 517 g/mol. The fourth-order valence-electron chi connectivity index (χ4n) is 4.55. The van der Waals surface area contributed by atoms with Gasteiger partial charge in [0.25, 0.3) is 0 Å². The molecular formula is C30H32ClN3O3. The normalized spacial score (nSPS) is 12.3. The Hall–Kier alpha value is -3.58. The summed E-state index contributed by atoms with van der Waals surface area (Å²) in [5, 5.41) is 19.4. The molecule has 2 heterocycles. The molecule has 3 N–H and O–H groups in total. The first-order valence-electron chi connectivity index (χ1n) is 12.2. The molecule has 0 aliphatic heterocycles. The van der Waals surface area contributed by atoms with E-state index in [0.717, 1.165) is 17.5 Å². The lowest BCUT2D eigenvalue weighted by molar-refractivity contribution is 0.0991. The number of hydrogen-bond acceptors (Lipinski definition) is 5. The van der Waals surface area contributed by atoms with Gasteiger partial charge in [0.2, 0.25) is 0 Å². The topological polar surface area (TPSA) is 83.3 Å². The Balaban J connectivity index is 0.00000320. The van der Waals surface area contributed by atoms with E-state index in [9.17, 15) is 5.11 Å². The third kappa shape index (κ3) is 6.23. The van der Waals surface area contributed by atoms with E-state index in [1.165, 1.54) is 28.3 Å². The van der Waals surface area contributed by atoms with Crippen LogP contribution in [0.1, 0.15) is 19.4 Å². The van der Waals surface area contributed by atoms with Crippen molar-refractivity contribution >= 4 is 23.3 Å². The van der Waals surface area contributed by atoms with Crippen LogP contribution >= 0.6 is 12.4 Å². The van der Waals surface area contributed by atoms with Gasteiger partial charge in [-0.2, -0.15) is 0 Å². The zero-order valence-corrected chi connectivity index (χ0v) is 21.8. The second-order valence-electron chi connectivity index (χ2n) is 9.70. The van der Waals surface area contributed by atoms with E-state index in [0.29, 0.717) is 18.0 Å². The molecule has 7 heteroatoms. The standard InChI is InChI=1S/C30H31N3O3.ClH/c1-30(2,17-22-18-31-29-24(12-8-13-25(22)29)21-9-4-3-5-10-21)32-19-23(34)20-35-28-14-7-6-11-26(28)27-15-16-36-33-27;/h3-16,18,23,31-32,34H,17,19-20H2,1-2H3;1H/t23-;/m0./s1. The summed E-state index contributed by atoms with van der Waals surface area (Å²) in [6.07, 6.45) is 3.78. The molecule has 0 unspecified atom stereocenters. The maximum atomic E-state index is 10.6. The van der Waals surface area contributed by atoms with Crippen LogP contribution < -0.4 is 10.1 Å². The molecule has 0 saturated heterocycles. The number of para-hydroxylation sites is 2. The highest BCUT2D eigenvalue weighted by molar-refractivity contribution is 5.96. The molecule has 0 bridgehead atoms. The van der Waals surface area contributed by atoms with Crippen molar-refractivity contribution in [1.82, 2.24) is 15.5 Å². The average Bonchev–Trinajstić information content (AvgIpc) is 3.57. The number of H-pyrrole nitrogens is 1. The van der Waals surface area contributed by atoms with Crippen LogP contribution in [-0.2, 0) is 6.42 Å². The molecule has 192 valence electrons. The fourth-order valence-corrected chi connectivity index (χ4v) is 4.55. The summed E-state index contributed by atoms with van der Waals surface area (Å²) < 4.78 is 10.9. The lowest BCUT2D eigenvalue weighted by Gasteiger charge is -2.28. The number of β-amino-alcohol motifs (C(OH)–C–C–N with tert-alkyl or cyclic N) is 1. The van der Waals surface area contributed by atoms with Crippen LogP contribution in [0.2, 0.25) is 0 Å². The largest absolute Gasteiger partial charge is 0.490 e. The summed E-state index contributed by atoms with van der Waals surface area (Å²) in [5.74, 6) is 0.665. The number of nitrogens with zero attached hydrogens (tertiary/aromatic N) is 1. The molecule has 0 aliphatic carbocycles. The van der Waals surface area contributed by atoms with Gasteiger partial charge in [-0.15, -0.1) is 12.4 Å². The van der Waals surface area contributed by atoms with Gasteiger partial charge in [0.1, 0.15) is 30.4 Å². The summed E-state index contributed by atoms with van der Waals surface area (Å²) in [6, 6.07) is 26.3. The second kappa shape index (κ2) is 11.6. The minimum absolute atomic E-state index is 0. The summed E-state index contributed by atoms with van der Waals surface area (Å²) in [7, 11) is 0. The van der Waals surface area contributed by atoms with Gasteiger partial charge in [-0.3, -0.25) is 0 Å². The smallest absolute Gasteiger partial charge is 0.128 e. The van der Waals surface area contributed by atoms with Gasteiger partial charge in [0.15, 0.2) is 0 Å². The van der Waals surface area contributed by atoms with E-state index in [4.69, 9.17) is 9.26 Å². The van der Waals surface area contributed by atoms with Crippen molar-refractivity contribution in [2.75, 3.05) is 13.2 Å². The van der Waals surface area contributed by atoms with Crippen LogP contribution in [0.15, 0.2) is 95.8 Å². The minimum atomic E-state index is -0.665. The summed E-state index contributed by atoms with van der Waals surface area (Å²) >= 11 is 0. The molecule has 6 nitrogen and oxygen atoms in total. The Morgan fingerprint density at radius 3 is 2.51 bits per heavy atom. The molecule has 1 atom stereocenters. The predicted octanol–water partition coefficient (Wildman–Crippen LogP) is 6.26. The van der Waals surface area contributed by atoms with Gasteiger partial charge in [0, 0.05) is 40.9 Å². The van der Waals surface area contributed by atoms with E-state index in [2.05, 4.69) is 78.0 Å². The number of rotatable bonds is 10. The number of hydrogen-bond donors (Lipinski definition) is 3. The molecule has 0 fully saturated rings. The van der Waals surface area contributed by atoms with Crippen molar-refractivity contribution in [2.24, 2.45) is 0 Å². The molecule has 0 spiro atoms. The van der Waals surface area contributed by atoms with Crippen molar-refractivity contribution < 1.29 is 14.4 Å². The van der Waals surface area contributed by atoms with E-state index in [1.807, 2.05) is 30.3 Å². The lowest BCUT2D eigenvalue weighted by atomic mass is 9.93. The highest BCUT2D eigenvalue weighted by Crippen LogP contribution is 2.31. The summed E-state index contributed by atoms with van der Waals surface area (Å²) in [6.45, 7) is 4.89. The highest BCUT2D eigenvalue weighted by atomic mass is 35.5. The highest BCUT2D eigenvalue weighted by Gasteiger charge is 2.22. The number of fused-ring (bicyclic) bond motifs is 1. The third-order valence-corrected chi connectivity index (χ3v) is 6.37. The average molecular weight is 518 g/mol. The van der Waals surface area contributed by atoms with Crippen LogP contribution in [-0.4, -0.2) is 40.0 Å². The van der Waals surface area contributed by atoms with Crippen LogP contribution in [0.25, 0.3) is 33.3 Å². The van der Waals surface area contributed by atoms with Crippen molar-refractivity contribution in [1.29, 1.82) is 0 Å². The molecule has 0 saturated carbocycles. The second-order valence-corrected chi connectivity index (χ2v) is 9.70. The lowest BCUT2D eigenvalue weighted by Crippen LogP contribution is -2.46. The molecule has 0 amide bonds. The van der Waals surface area contributed by atoms with Crippen molar-refractivity contribution in [3.8, 4) is 28.1 Å². The number of aliphatic hydroxyl groups is 1. The molecular weight excluding hydrogens is 486 g/mol. The zero-order valence-electron chi connectivity index (χ0n) is 21.0. The van der Waals surface area contributed by atoms with E-state index < -0.39 is 6.10 Å². The summed E-state index contributed by atoms with van der Waals surface area (Å²) in [4.78, 5) is 3.49. The number of aliphatic hydroxyl groups excluding tert-OH is 1. The van der Waals surface area contributed by atoms with Crippen molar-refractivity contribution in [3.05, 3.63) is 96.9 Å². The number of aromatic nitrogens is 2. The maximum Gasteiger partial charge on any atom is 0.128 e. The Labute approximate surface area is 223 Å². The van der Waals surface area contributed by atoms with Crippen molar-refractivity contribution in [3.63, 3.8) is 0 Å². The van der Waals surface area contributed by atoms with Crippen LogP contribution in [0.5, 0.6) is 5.75 Å². The number of ether oxygens (including phenoxy) is 1. The van der Waals surface area contributed by atoms with Gasteiger partial charge in [0.05, 0.1) is 5.52 Å². The Kier molecular flexibility index (Phi) is 8.34. The van der Waals surface area contributed by atoms with Crippen LogP contribution in [0.4, 0.5) is 0 Å². The molecule has 5 aromatic rings. The molecule has 0 aliphatic rings. The Morgan fingerprint density at radius 1 is 0.973 bits per heavy atom. The Bertz CT molecular complexity index is 1410.